The molecule has 0 aromatic heterocycles. The molecule has 1 rings (SSSR count). The number of benzene rings is 1. The molecule has 0 fully saturated rings. The zero-order valence-electron chi connectivity index (χ0n) is 8.53. The zero-order valence-corrected chi connectivity index (χ0v) is 9.28. The van der Waals surface area contributed by atoms with Crippen LogP contribution in [0.15, 0.2) is 18.2 Å². The van der Waals surface area contributed by atoms with Gasteiger partial charge in [0.15, 0.2) is 6.10 Å². The largest absolute Gasteiger partial charge is 0.481 e. The number of ether oxygens (including phenoxy) is 1. The summed E-state index contributed by atoms with van der Waals surface area (Å²) in [5.74, 6) is 4.91. The van der Waals surface area contributed by atoms with E-state index in [0.717, 1.165) is 0 Å². The lowest BCUT2D eigenvalue weighted by molar-refractivity contribution is -0.127. The van der Waals surface area contributed by atoms with E-state index in [0.29, 0.717) is 11.3 Å². The SMILES string of the molecule is CC(Oc1ccc(C#N)c(Cl)c1)C(=O)NN. The van der Waals surface area contributed by atoms with Crippen molar-refractivity contribution in [3.05, 3.63) is 28.8 Å². The number of nitrogens with one attached hydrogen (secondary N) is 1. The predicted octanol–water partition coefficient (Wildman–Crippen LogP) is 0.969. The van der Waals surface area contributed by atoms with Crippen LogP contribution in [-0.4, -0.2) is 12.0 Å². The third kappa shape index (κ3) is 2.86. The molecule has 1 atom stereocenters. The second-order valence-electron chi connectivity index (χ2n) is 3.02. The summed E-state index contributed by atoms with van der Waals surface area (Å²) in [6.45, 7) is 1.55. The maximum absolute atomic E-state index is 11.1. The minimum atomic E-state index is -0.728. The van der Waals surface area contributed by atoms with Crippen LogP contribution in [0, 0.1) is 11.3 Å². The Morgan fingerprint density at radius 2 is 2.38 bits per heavy atom. The minimum absolute atomic E-state index is 0.278. The maximum Gasteiger partial charge on any atom is 0.274 e. The molecule has 16 heavy (non-hydrogen) atoms. The third-order valence-electron chi connectivity index (χ3n) is 1.89. The summed E-state index contributed by atoms with van der Waals surface area (Å²) >= 11 is 5.80. The molecule has 84 valence electrons. The van der Waals surface area contributed by atoms with Crippen molar-refractivity contribution in [2.24, 2.45) is 5.84 Å². The topological polar surface area (TPSA) is 88.1 Å². The second-order valence-corrected chi connectivity index (χ2v) is 3.43. The standard InChI is InChI=1S/C10H10ClN3O2/c1-6(10(15)14-13)16-8-3-2-7(5-12)9(11)4-8/h2-4,6H,13H2,1H3,(H,14,15). The molecule has 0 aliphatic heterocycles. The summed E-state index contributed by atoms with van der Waals surface area (Å²) in [6.07, 6.45) is -0.728. The fourth-order valence-electron chi connectivity index (χ4n) is 1.03. The van der Waals surface area contributed by atoms with E-state index in [1.165, 1.54) is 12.1 Å². The zero-order chi connectivity index (χ0) is 12.1. The van der Waals surface area contributed by atoms with Crippen LogP contribution in [0.3, 0.4) is 0 Å². The molecule has 1 aromatic carbocycles. The van der Waals surface area contributed by atoms with E-state index in [1.54, 1.807) is 13.0 Å². The van der Waals surface area contributed by atoms with Crippen molar-refractivity contribution >= 4 is 17.5 Å². The van der Waals surface area contributed by atoms with Crippen LogP contribution >= 0.6 is 11.6 Å². The first kappa shape index (κ1) is 12.3. The Kier molecular flexibility index (Phi) is 4.11. The number of hydrazine groups is 1. The molecular weight excluding hydrogens is 230 g/mol. The van der Waals surface area contributed by atoms with Gasteiger partial charge >= 0.3 is 0 Å². The van der Waals surface area contributed by atoms with Gasteiger partial charge < -0.3 is 4.74 Å². The first-order valence-electron chi connectivity index (χ1n) is 4.45. The minimum Gasteiger partial charge on any atom is -0.481 e. The van der Waals surface area contributed by atoms with Crippen LogP contribution in [0.1, 0.15) is 12.5 Å². The highest BCUT2D eigenvalue weighted by Gasteiger charge is 2.13. The highest BCUT2D eigenvalue weighted by Crippen LogP contribution is 2.22. The molecule has 0 saturated heterocycles. The van der Waals surface area contributed by atoms with E-state index < -0.39 is 12.0 Å². The Morgan fingerprint density at radius 3 is 2.88 bits per heavy atom. The van der Waals surface area contributed by atoms with Gasteiger partial charge in [0.25, 0.3) is 5.91 Å². The number of halogens is 1. The Balaban J connectivity index is 2.80. The highest BCUT2D eigenvalue weighted by atomic mass is 35.5. The van der Waals surface area contributed by atoms with E-state index in [4.69, 9.17) is 27.4 Å². The smallest absolute Gasteiger partial charge is 0.274 e. The number of nitriles is 1. The van der Waals surface area contributed by atoms with Gasteiger partial charge in [-0.25, -0.2) is 5.84 Å². The Bertz CT molecular complexity index is 442. The molecule has 0 radical (unpaired) electrons. The number of nitrogens with two attached hydrogens (primary N) is 1. The van der Waals surface area contributed by atoms with Gasteiger partial charge in [-0.15, -0.1) is 0 Å². The average Bonchev–Trinajstić information content (AvgIpc) is 2.28. The number of carbonyl (C=O) groups is 1. The van der Waals surface area contributed by atoms with Crippen LogP contribution in [0.4, 0.5) is 0 Å². The quantitative estimate of drug-likeness (QED) is 0.467. The van der Waals surface area contributed by atoms with Gasteiger partial charge in [-0.3, -0.25) is 10.2 Å². The monoisotopic (exact) mass is 239 g/mol. The van der Waals surface area contributed by atoms with Crippen LogP contribution in [0.5, 0.6) is 5.75 Å². The number of hydrogen-bond donors (Lipinski definition) is 2. The van der Waals surface area contributed by atoms with E-state index >= 15 is 0 Å². The lowest BCUT2D eigenvalue weighted by Crippen LogP contribution is -2.40. The maximum atomic E-state index is 11.1. The van der Waals surface area contributed by atoms with Crippen molar-refractivity contribution in [2.45, 2.75) is 13.0 Å². The summed E-state index contributed by atoms with van der Waals surface area (Å²) in [5, 5.41) is 8.94. The number of carbonyl (C=O) groups excluding carboxylic acids is 1. The van der Waals surface area contributed by atoms with E-state index in [2.05, 4.69) is 0 Å². The number of rotatable bonds is 3. The average molecular weight is 240 g/mol. The Morgan fingerprint density at radius 1 is 1.69 bits per heavy atom. The second kappa shape index (κ2) is 5.35. The first-order valence-corrected chi connectivity index (χ1v) is 4.83. The summed E-state index contributed by atoms with van der Waals surface area (Å²) in [6, 6.07) is 6.47. The molecule has 0 saturated carbocycles. The molecule has 1 unspecified atom stereocenters. The van der Waals surface area contributed by atoms with Gasteiger partial charge in [-0.2, -0.15) is 5.26 Å². The predicted molar refractivity (Wildman–Crippen MR) is 58.6 cm³/mol. The molecule has 5 nitrogen and oxygen atoms in total. The fraction of sp³-hybridized carbons (Fsp3) is 0.200. The molecule has 0 heterocycles. The van der Waals surface area contributed by atoms with Gasteiger partial charge in [-0.1, -0.05) is 11.6 Å². The van der Waals surface area contributed by atoms with Crippen molar-refractivity contribution < 1.29 is 9.53 Å². The van der Waals surface area contributed by atoms with Crippen molar-refractivity contribution in [1.29, 1.82) is 5.26 Å². The molecule has 3 N–H and O–H groups in total. The normalized spacial score (nSPS) is 11.4. The van der Waals surface area contributed by atoms with Crippen LogP contribution in [0.2, 0.25) is 5.02 Å². The molecule has 6 heteroatoms. The van der Waals surface area contributed by atoms with Crippen molar-refractivity contribution in [1.82, 2.24) is 5.43 Å². The molecule has 0 aliphatic carbocycles. The lowest BCUT2D eigenvalue weighted by Gasteiger charge is -2.13. The van der Waals surface area contributed by atoms with Crippen LogP contribution in [-0.2, 0) is 4.79 Å². The lowest BCUT2D eigenvalue weighted by atomic mass is 10.2. The number of nitrogens with zero attached hydrogens (tertiary/aromatic N) is 1. The molecule has 0 spiro atoms. The first-order chi connectivity index (χ1) is 7.58. The summed E-state index contributed by atoms with van der Waals surface area (Å²) in [4.78, 5) is 11.1. The van der Waals surface area contributed by atoms with Gasteiger partial charge in [0.2, 0.25) is 0 Å². The van der Waals surface area contributed by atoms with Crippen molar-refractivity contribution in [3.63, 3.8) is 0 Å². The molecule has 1 aromatic rings. The molecular formula is C10H10ClN3O2. The Labute approximate surface area is 97.7 Å². The van der Waals surface area contributed by atoms with Gasteiger partial charge in [-0.05, 0) is 19.1 Å². The number of amides is 1. The molecule has 0 bridgehead atoms. The third-order valence-corrected chi connectivity index (χ3v) is 2.20. The van der Waals surface area contributed by atoms with Crippen LogP contribution < -0.4 is 16.0 Å². The summed E-state index contributed by atoms with van der Waals surface area (Å²) in [7, 11) is 0. The molecule has 0 aliphatic rings. The van der Waals surface area contributed by atoms with Crippen molar-refractivity contribution in [2.75, 3.05) is 0 Å². The fourth-order valence-corrected chi connectivity index (χ4v) is 1.25. The summed E-state index contributed by atoms with van der Waals surface area (Å²) in [5.41, 5.74) is 2.32. The van der Waals surface area contributed by atoms with Gasteiger partial charge in [0, 0.05) is 6.07 Å². The van der Waals surface area contributed by atoms with Crippen molar-refractivity contribution in [3.8, 4) is 11.8 Å². The van der Waals surface area contributed by atoms with Gasteiger partial charge in [0.1, 0.15) is 11.8 Å². The van der Waals surface area contributed by atoms with E-state index in [9.17, 15) is 4.79 Å². The molecule has 1 amide bonds. The Hall–Kier alpha value is -1.77. The van der Waals surface area contributed by atoms with Crippen LogP contribution in [0.25, 0.3) is 0 Å². The van der Waals surface area contributed by atoms with Gasteiger partial charge in [0.05, 0.1) is 10.6 Å². The van der Waals surface area contributed by atoms with E-state index in [1.807, 2.05) is 11.5 Å². The van der Waals surface area contributed by atoms with E-state index in [-0.39, 0.29) is 5.02 Å². The highest BCUT2D eigenvalue weighted by molar-refractivity contribution is 6.31. The number of hydrogen-bond acceptors (Lipinski definition) is 4. The summed E-state index contributed by atoms with van der Waals surface area (Å²) < 4.78 is 5.26.